The Balaban J connectivity index is 1.84. The van der Waals surface area contributed by atoms with Gasteiger partial charge in [0.05, 0.1) is 10.7 Å². The van der Waals surface area contributed by atoms with Crippen molar-refractivity contribution in [2.45, 2.75) is 37.6 Å². The van der Waals surface area contributed by atoms with Crippen molar-refractivity contribution in [1.29, 1.82) is 0 Å². The second kappa shape index (κ2) is 6.54. The summed E-state index contributed by atoms with van der Waals surface area (Å²) in [6.45, 7) is 7.39. The van der Waals surface area contributed by atoms with Crippen LogP contribution < -0.4 is 5.32 Å². The maximum absolute atomic E-state index is 4.68. The van der Waals surface area contributed by atoms with Gasteiger partial charge in [-0.25, -0.2) is 4.98 Å². The van der Waals surface area contributed by atoms with Crippen LogP contribution in [0.3, 0.4) is 0 Å². The first-order valence-electron chi connectivity index (χ1n) is 6.55. The number of nitrogens with zero attached hydrogens (tertiary/aromatic N) is 3. The molecule has 0 unspecified atom stereocenters. The van der Waals surface area contributed by atoms with E-state index in [4.69, 9.17) is 0 Å². The highest BCUT2D eigenvalue weighted by Gasteiger charge is 2.17. The Labute approximate surface area is 128 Å². The van der Waals surface area contributed by atoms with Crippen LogP contribution in [0.25, 0.3) is 0 Å². The molecular formula is C14H20N4S2. The van der Waals surface area contributed by atoms with Crippen LogP contribution in [0.4, 0.5) is 5.82 Å². The third kappa shape index (κ3) is 4.18. The lowest BCUT2D eigenvalue weighted by atomic mass is 9.98. The second-order valence-electron chi connectivity index (χ2n) is 5.53. The van der Waals surface area contributed by atoms with E-state index in [2.05, 4.69) is 46.6 Å². The van der Waals surface area contributed by atoms with E-state index in [1.165, 1.54) is 5.01 Å². The number of thioether (sulfide) groups is 1. The Morgan fingerprint density at radius 3 is 2.60 bits per heavy atom. The Morgan fingerprint density at radius 2 is 2.05 bits per heavy atom. The van der Waals surface area contributed by atoms with Gasteiger partial charge in [-0.1, -0.05) is 20.8 Å². The molecule has 0 atom stereocenters. The molecule has 0 aliphatic carbocycles. The standard InChI is InChI=1S/C14H20N4S2/c1-14(2,3)13-16-10(9-20-13)7-8-15-11-5-6-12(19-4)18-17-11/h5-6,9H,7-8H2,1-4H3,(H,15,17). The van der Waals surface area contributed by atoms with Crippen molar-refractivity contribution < 1.29 is 0 Å². The Kier molecular flexibility index (Phi) is 4.99. The lowest BCUT2D eigenvalue weighted by molar-refractivity contribution is 0.583. The monoisotopic (exact) mass is 308 g/mol. The summed E-state index contributed by atoms with van der Waals surface area (Å²) in [5.74, 6) is 0.814. The van der Waals surface area contributed by atoms with Crippen molar-refractivity contribution in [1.82, 2.24) is 15.2 Å². The normalized spacial score (nSPS) is 11.6. The first-order valence-corrected chi connectivity index (χ1v) is 8.66. The number of hydrogen-bond acceptors (Lipinski definition) is 6. The Hall–Kier alpha value is -1.14. The predicted molar refractivity (Wildman–Crippen MR) is 86.8 cm³/mol. The van der Waals surface area contributed by atoms with Crippen LogP contribution in [0.15, 0.2) is 22.5 Å². The molecule has 0 amide bonds. The summed E-state index contributed by atoms with van der Waals surface area (Å²) in [4.78, 5) is 4.68. The van der Waals surface area contributed by atoms with Crippen molar-refractivity contribution in [3.05, 3.63) is 28.2 Å². The fourth-order valence-corrected chi connectivity index (χ4v) is 2.88. The predicted octanol–water partition coefficient (Wildman–Crippen LogP) is 3.61. The van der Waals surface area contributed by atoms with Crippen molar-refractivity contribution in [2.75, 3.05) is 18.1 Å². The van der Waals surface area contributed by atoms with Gasteiger partial charge in [0, 0.05) is 23.8 Å². The highest BCUT2D eigenvalue weighted by atomic mass is 32.2. The molecule has 20 heavy (non-hydrogen) atoms. The molecule has 0 radical (unpaired) electrons. The zero-order valence-electron chi connectivity index (χ0n) is 12.3. The largest absolute Gasteiger partial charge is 0.368 e. The van der Waals surface area contributed by atoms with Crippen LogP contribution in [-0.2, 0) is 11.8 Å². The average molecular weight is 308 g/mol. The van der Waals surface area contributed by atoms with Gasteiger partial charge in [0.2, 0.25) is 0 Å². The molecule has 108 valence electrons. The van der Waals surface area contributed by atoms with Crippen LogP contribution in [0.5, 0.6) is 0 Å². The zero-order chi connectivity index (χ0) is 14.6. The van der Waals surface area contributed by atoms with Gasteiger partial charge >= 0.3 is 0 Å². The van der Waals surface area contributed by atoms with Gasteiger partial charge in [0.15, 0.2) is 0 Å². The molecule has 0 aromatic carbocycles. The summed E-state index contributed by atoms with van der Waals surface area (Å²) in [5, 5.41) is 15.8. The quantitative estimate of drug-likeness (QED) is 0.855. The molecule has 4 nitrogen and oxygen atoms in total. The fourth-order valence-electron chi connectivity index (χ4n) is 1.61. The number of aromatic nitrogens is 3. The SMILES string of the molecule is CSc1ccc(NCCc2csc(C(C)(C)C)n2)nn1. The summed E-state index contributed by atoms with van der Waals surface area (Å²) in [6.07, 6.45) is 2.89. The molecule has 2 aromatic rings. The molecule has 0 spiro atoms. The second-order valence-corrected chi connectivity index (χ2v) is 7.22. The molecule has 0 saturated carbocycles. The Morgan fingerprint density at radius 1 is 1.25 bits per heavy atom. The smallest absolute Gasteiger partial charge is 0.148 e. The summed E-state index contributed by atoms with van der Waals surface area (Å²) in [5.41, 5.74) is 1.27. The van der Waals surface area contributed by atoms with Gasteiger partial charge in [0.1, 0.15) is 10.8 Å². The van der Waals surface area contributed by atoms with Crippen molar-refractivity contribution >= 4 is 28.9 Å². The molecular weight excluding hydrogens is 288 g/mol. The zero-order valence-corrected chi connectivity index (χ0v) is 13.9. The van der Waals surface area contributed by atoms with E-state index >= 15 is 0 Å². The number of hydrogen-bond donors (Lipinski definition) is 1. The molecule has 0 fully saturated rings. The van der Waals surface area contributed by atoms with E-state index in [0.29, 0.717) is 0 Å². The Bertz CT molecular complexity index is 543. The van der Waals surface area contributed by atoms with E-state index in [-0.39, 0.29) is 5.41 Å². The number of anilines is 1. The summed E-state index contributed by atoms with van der Waals surface area (Å²) < 4.78 is 0. The fraction of sp³-hybridized carbons (Fsp3) is 0.500. The topological polar surface area (TPSA) is 50.7 Å². The van der Waals surface area contributed by atoms with E-state index in [1.54, 1.807) is 23.1 Å². The van der Waals surface area contributed by atoms with Crippen molar-refractivity contribution in [3.63, 3.8) is 0 Å². The van der Waals surface area contributed by atoms with Crippen LogP contribution >= 0.6 is 23.1 Å². The maximum atomic E-state index is 4.68. The van der Waals surface area contributed by atoms with E-state index in [9.17, 15) is 0 Å². The maximum Gasteiger partial charge on any atom is 0.148 e. The molecule has 2 rings (SSSR count). The minimum absolute atomic E-state index is 0.134. The molecule has 6 heteroatoms. The van der Waals surface area contributed by atoms with E-state index in [1.807, 2.05) is 18.4 Å². The average Bonchev–Trinajstić information content (AvgIpc) is 2.88. The van der Waals surface area contributed by atoms with Crippen molar-refractivity contribution in [2.24, 2.45) is 0 Å². The van der Waals surface area contributed by atoms with Crippen LogP contribution in [0.1, 0.15) is 31.5 Å². The molecule has 2 heterocycles. The number of thiazole rings is 1. The van der Waals surface area contributed by atoms with Crippen molar-refractivity contribution in [3.8, 4) is 0 Å². The van der Waals surface area contributed by atoms with Gasteiger partial charge in [-0.05, 0) is 18.4 Å². The van der Waals surface area contributed by atoms with E-state index in [0.717, 1.165) is 29.5 Å². The van der Waals surface area contributed by atoms with Gasteiger partial charge < -0.3 is 5.32 Å². The minimum atomic E-state index is 0.134. The number of nitrogens with one attached hydrogen (secondary N) is 1. The van der Waals surface area contributed by atoms with Gasteiger partial charge in [0.25, 0.3) is 0 Å². The van der Waals surface area contributed by atoms with Crippen LogP contribution in [0, 0.1) is 0 Å². The summed E-state index contributed by atoms with van der Waals surface area (Å²) in [6, 6.07) is 3.93. The lowest BCUT2D eigenvalue weighted by Crippen LogP contribution is -2.11. The molecule has 0 bridgehead atoms. The third-order valence-corrected chi connectivity index (χ3v) is 4.68. The summed E-state index contributed by atoms with van der Waals surface area (Å²) >= 11 is 3.33. The molecule has 0 aliphatic heterocycles. The van der Waals surface area contributed by atoms with E-state index < -0.39 is 0 Å². The van der Waals surface area contributed by atoms with Gasteiger partial charge in [-0.15, -0.1) is 33.3 Å². The first kappa shape index (κ1) is 15.3. The van der Waals surface area contributed by atoms with Gasteiger partial charge in [-0.3, -0.25) is 0 Å². The number of rotatable bonds is 5. The highest BCUT2D eigenvalue weighted by molar-refractivity contribution is 7.98. The third-order valence-electron chi connectivity index (χ3n) is 2.73. The van der Waals surface area contributed by atoms with Gasteiger partial charge in [-0.2, -0.15) is 0 Å². The lowest BCUT2D eigenvalue weighted by Gasteiger charge is -2.13. The highest BCUT2D eigenvalue weighted by Crippen LogP contribution is 2.25. The molecule has 0 aliphatic rings. The summed E-state index contributed by atoms with van der Waals surface area (Å²) in [7, 11) is 0. The molecule has 1 N–H and O–H groups in total. The minimum Gasteiger partial charge on any atom is -0.368 e. The van der Waals surface area contributed by atoms with Crippen LogP contribution in [-0.4, -0.2) is 28.0 Å². The first-order chi connectivity index (χ1) is 9.49. The molecule has 0 saturated heterocycles. The molecule has 2 aromatic heterocycles. The van der Waals surface area contributed by atoms with Crippen LogP contribution in [0.2, 0.25) is 0 Å².